The minimum atomic E-state index is -0.552. The maximum atomic E-state index is 12.1. The van der Waals surface area contributed by atoms with E-state index in [4.69, 9.17) is 14.7 Å². The van der Waals surface area contributed by atoms with Crippen molar-refractivity contribution in [2.45, 2.75) is 13.8 Å². The highest BCUT2D eigenvalue weighted by molar-refractivity contribution is 5.95. The van der Waals surface area contributed by atoms with Crippen LogP contribution in [0.4, 0.5) is 0 Å². The van der Waals surface area contributed by atoms with Crippen molar-refractivity contribution in [3.05, 3.63) is 59.7 Å². The molecule has 2 N–H and O–H groups in total. The van der Waals surface area contributed by atoms with E-state index >= 15 is 0 Å². The van der Waals surface area contributed by atoms with E-state index < -0.39 is 11.8 Å². The number of hydrogen-bond acceptors (Lipinski definition) is 5. The Morgan fingerprint density at radius 1 is 1.07 bits per heavy atom. The largest absolute Gasteiger partial charge is 0.493 e. The number of rotatable bonds is 7. The Balaban J connectivity index is 1.83. The van der Waals surface area contributed by atoms with Crippen molar-refractivity contribution < 1.29 is 19.1 Å². The first-order valence-electron chi connectivity index (χ1n) is 8.43. The summed E-state index contributed by atoms with van der Waals surface area (Å²) in [5, 5.41) is 8.98. The molecule has 0 aliphatic rings. The molecule has 0 aliphatic carbocycles. The molecule has 0 saturated carbocycles. The second kappa shape index (κ2) is 9.82. The Morgan fingerprint density at radius 2 is 1.85 bits per heavy atom. The fraction of sp³-hybridized carbons (Fsp3) is 0.250. The van der Waals surface area contributed by atoms with Crippen molar-refractivity contribution in [3.63, 3.8) is 0 Å². The lowest BCUT2D eigenvalue weighted by Crippen LogP contribution is -2.43. The number of carbonyl (C=O) groups is 2. The molecule has 0 spiro atoms. The maximum absolute atomic E-state index is 12.1. The number of nitrogens with zero attached hydrogens (tertiary/aromatic N) is 1. The average Bonchev–Trinajstić information content (AvgIpc) is 2.69. The molecule has 0 aromatic heterocycles. The summed E-state index contributed by atoms with van der Waals surface area (Å²) in [4.78, 5) is 24.0. The van der Waals surface area contributed by atoms with Crippen LogP contribution in [0.5, 0.6) is 11.5 Å². The van der Waals surface area contributed by atoms with E-state index in [0.717, 1.165) is 0 Å². The molecule has 2 aromatic carbocycles. The van der Waals surface area contributed by atoms with Crippen molar-refractivity contribution in [2.75, 3.05) is 13.2 Å². The number of para-hydroxylation sites is 1. The van der Waals surface area contributed by atoms with E-state index in [0.29, 0.717) is 35.2 Å². The minimum absolute atomic E-state index is 0.302. The van der Waals surface area contributed by atoms with Crippen LogP contribution < -0.4 is 20.3 Å². The van der Waals surface area contributed by atoms with Gasteiger partial charge < -0.3 is 9.47 Å². The molecule has 7 nitrogen and oxygen atoms in total. The molecule has 7 heteroatoms. The van der Waals surface area contributed by atoms with Crippen LogP contribution >= 0.6 is 0 Å². The predicted octanol–water partition coefficient (Wildman–Crippen LogP) is 2.43. The van der Waals surface area contributed by atoms with Gasteiger partial charge in [0.05, 0.1) is 12.2 Å². The lowest BCUT2D eigenvalue weighted by atomic mass is 10.2. The van der Waals surface area contributed by atoms with Gasteiger partial charge >= 0.3 is 0 Å². The highest BCUT2D eigenvalue weighted by Gasteiger charge is 2.10. The molecule has 0 fully saturated rings. The van der Waals surface area contributed by atoms with Crippen LogP contribution in [0.1, 0.15) is 29.8 Å². The standard InChI is InChI=1S/C20H21N3O4/c1-14(2)12-26-17-8-5-7-15(10-17)20(25)23-22-19(24)13-27-18-9-4-3-6-16(18)11-21/h3-10,14H,12-13H2,1-2H3,(H,22,24)(H,23,25). The molecule has 140 valence electrons. The number of nitriles is 1. The third-order valence-electron chi connectivity index (χ3n) is 3.36. The molecular formula is C20H21N3O4. The fourth-order valence-corrected chi connectivity index (χ4v) is 2.05. The summed E-state index contributed by atoms with van der Waals surface area (Å²) in [6.07, 6.45) is 0. The molecule has 0 bridgehead atoms. The zero-order valence-electron chi connectivity index (χ0n) is 15.2. The molecule has 0 unspecified atom stereocenters. The highest BCUT2D eigenvalue weighted by atomic mass is 16.5. The zero-order chi connectivity index (χ0) is 19.6. The zero-order valence-corrected chi connectivity index (χ0v) is 15.2. The number of nitrogens with one attached hydrogen (secondary N) is 2. The molecule has 0 heterocycles. The van der Waals surface area contributed by atoms with Gasteiger partial charge in [-0.1, -0.05) is 32.0 Å². The predicted molar refractivity (Wildman–Crippen MR) is 99.0 cm³/mol. The lowest BCUT2D eigenvalue weighted by Gasteiger charge is -2.11. The lowest BCUT2D eigenvalue weighted by molar-refractivity contribution is -0.123. The summed E-state index contributed by atoms with van der Waals surface area (Å²) >= 11 is 0. The molecule has 0 saturated heterocycles. The van der Waals surface area contributed by atoms with Crippen molar-refractivity contribution >= 4 is 11.8 Å². The summed E-state index contributed by atoms with van der Waals surface area (Å²) in [6.45, 7) is 4.27. The van der Waals surface area contributed by atoms with E-state index in [1.54, 1.807) is 48.5 Å². The minimum Gasteiger partial charge on any atom is -0.493 e. The summed E-state index contributed by atoms with van der Waals surface area (Å²) in [5.41, 5.74) is 5.27. The van der Waals surface area contributed by atoms with Crippen molar-refractivity contribution in [2.24, 2.45) is 5.92 Å². The van der Waals surface area contributed by atoms with E-state index in [2.05, 4.69) is 10.9 Å². The Kier molecular flexibility index (Phi) is 7.20. The van der Waals surface area contributed by atoms with Crippen LogP contribution in [-0.2, 0) is 4.79 Å². The van der Waals surface area contributed by atoms with E-state index in [1.165, 1.54) is 0 Å². The van der Waals surface area contributed by atoms with Crippen molar-refractivity contribution in [3.8, 4) is 17.6 Å². The summed E-state index contributed by atoms with van der Waals surface area (Å²) < 4.78 is 10.9. The first-order valence-corrected chi connectivity index (χ1v) is 8.43. The topological polar surface area (TPSA) is 100 Å². The molecular weight excluding hydrogens is 346 g/mol. The molecule has 0 radical (unpaired) electrons. The monoisotopic (exact) mass is 367 g/mol. The second-order valence-electron chi connectivity index (χ2n) is 6.13. The van der Waals surface area contributed by atoms with E-state index in [9.17, 15) is 9.59 Å². The summed E-state index contributed by atoms with van der Waals surface area (Å²) in [7, 11) is 0. The smallest absolute Gasteiger partial charge is 0.276 e. The first kappa shape index (κ1) is 19.8. The first-order chi connectivity index (χ1) is 13.0. The molecule has 27 heavy (non-hydrogen) atoms. The number of carbonyl (C=O) groups excluding carboxylic acids is 2. The summed E-state index contributed by atoms with van der Waals surface area (Å²) in [6, 6.07) is 15.2. The van der Waals surface area contributed by atoms with Gasteiger partial charge in [-0.2, -0.15) is 5.26 Å². The Bertz CT molecular complexity index is 843. The van der Waals surface area contributed by atoms with Gasteiger partial charge in [0.1, 0.15) is 17.6 Å². The Morgan fingerprint density at radius 3 is 2.59 bits per heavy atom. The van der Waals surface area contributed by atoms with Gasteiger partial charge in [0.15, 0.2) is 6.61 Å². The Labute approximate surface area is 157 Å². The molecule has 2 rings (SSSR count). The van der Waals surface area contributed by atoms with E-state index in [-0.39, 0.29) is 6.61 Å². The van der Waals surface area contributed by atoms with Gasteiger partial charge in [0.25, 0.3) is 11.8 Å². The number of hydrazine groups is 1. The number of amides is 2. The number of ether oxygens (including phenoxy) is 2. The van der Waals surface area contributed by atoms with Crippen LogP contribution in [0.25, 0.3) is 0 Å². The molecule has 2 amide bonds. The highest BCUT2D eigenvalue weighted by Crippen LogP contribution is 2.16. The van der Waals surface area contributed by atoms with Crippen LogP contribution in [0.3, 0.4) is 0 Å². The second-order valence-corrected chi connectivity index (χ2v) is 6.13. The van der Waals surface area contributed by atoms with Crippen LogP contribution in [-0.4, -0.2) is 25.0 Å². The third kappa shape index (κ3) is 6.36. The van der Waals surface area contributed by atoms with Crippen molar-refractivity contribution in [1.29, 1.82) is 5.26 Å². The SMILES string of the molecule is CC(C)COc1cccc(C(=O)NNC(=O)COc2ccccc2C#N)c1. The average molecular weight is 367 g/mol. The van der Waals surface area contributed by atoms with Crippen LogP contribution in [0.2, 0.25) is 0 Å². The van der Waals surface area contributed by atoms with E-state index in [1.807, 2.05) is 19.9 Å². The number of benzene rings is 2. The van der Waals surface area contributed by atoms with Crippen molar-refractivity contribution in [1.82, 2.24) is 10.9 Å². The van der Waals surface area contributed by atoms with Gasteiger partial charge in [-0.25, -0.2) is 0 Å². The van der Waals surface area contributed by atoms with Gasteiger partial charge in [-0.05, 0) is 36.2 Å². The molecule has 2 aromatic rings. The fourth-order valence-electron chi connectivity index (χ4n) is 2.05. The Hall–Kier alpha value is -3.53. The quantitative estimate of drug-likeness (QED) is 0.732. The van der Waals surface area contributed by atoms with Gasteiger partial charge in [-0.15, -0.1) is 0 Å². The number of hydrogen-bond donors (Lipinski definition) is 2. The van der Waals surface area contributed by atoms with Crippen LogP contribution in [0, 0.1) is 17.2 Å². The normalized spacial score (nSPS) is 10.0. The summed E-state index contributed by atoms with van der Waals surface area (Å²) in [5.74, 6) is 0.225. The third-order valence-corrected chi connectivity index (χ3v) is 3.36. The van der Waals surface area contributed by atoms with Gasteiger partial charge in [0.2, 0.25) is 0 Å². The van der Waals surface area contributed by atoms with Gasteiger partial charge in [-0.3, -0.25) is 20.4 Å². The molecule has 0 atom stereocenters. The van der Waals surface area contributed by atoms with Crippen LogP contribution in [0.15, 0.2) is 48.5 Å². The maximum Gasteiger partial charge on any atom is 0.276 e. The molecule has 0 aliphatic heterocycles. The van der Waals surface area contributed by atoms with Gasteiger partial charge in [0, 0.05) is 5.56 Å².